The highest BCUT2D eigenvalue weighted by Gasteiger charge is 2.12. The van der Waals surface area contributed by atoms with E-state index >= 15 is 0 Å². The molecule has 0 saturated heterocycles. The number of nitrogens with one attached hydrogen (secondary N) is 1. The number of benzene rings is 2. The topological polar surface area (TPSA) is 64.4 Å². The predicted octanol–water partition coefficient (Wildman–Crippen LogP) is 4.37. The summed E-state index contributed by atoms with van der Waals surface area (Å²) in [5, 5.41) is 14.0. The summed E-state index contributed by atoms with van der Waals surface area (Å²) in [7, 11) is 0. The van der Waals surface area contributed by atoms with Gasteiger partial charge in [-0.3, -0.25) is 10.1 Å². The molecule has 2 aromatic rings. The Bertz CT molecular complexity index is 629. The average Bonchev–Trinajstić information content (AvgIpc) is 2.48. The molecule has 0 saturated carbocycles. The van der Waals surface area contributed by atoms with E-state index in [1.165, 1.54) is 6.07 Å². The van der Waals surface area contributed by atoms with Crippen molar-refractivity contribution < 1.29 is 9.66 Å². The van der Waals surface area contributed by atoms with Gasteiger partial charge in [0, 0.05) is 18.3 Å². The van der Waals surface area contributed by atoms with Crippen molar-refractivity contribution in [3.8, 4) is 5.75 Å². The van der Waals surface area contributed by atoms with Crippen molar-refractivity contribution in [1.82, 2.24) is 0 Å². The molecule has 2 rings (SSSR count). The van der Waals surface area contributed by atoms with Gasteiger partial charge in [0.05, 0.1) is 16.0 Å². The molecule has 110 valence electrons. The molecule has 2 aromatic carbocycles. The molecule has 21 heavy (non-hydrogen) atoms. The van der Waals surface area contributed by atoms with Gasteiger partial charge in [-0.2, -0.15) is 0 Å². The van der Waals surface area contributed by atoms with Crippen LogP contribution in [0.5, 0.6) is 5.75 Å². The molecule has 0 aromatic heterocycles. The first-order valence-corrected chi connectivity index (χ1v) is 7.29. The lowest BCUT2D eigenvalue weighted by Gasteiger charge is -2.08. The minimum absolute atomic E-state index is 0.0479. The van der Waals surface area contributed by atoms with Crippen molar-refractivity contribution in [3.63, 3.8) is 0 Å². The zero-order valence-corrected chi connectivity index (χ0v) is 13.1. The number of nitrogens with zero attached hydrogens (tertiary/aromatic N) is 1. The molecule has 0 spiro atoms. The Morgan fingerprint density at radius 3 is 2.57 bits per heavy atom. The smallest absolute Gasteiger partial charge is 0.285 e. The van der Waals surface area contributed by atoms with Gasteiger partial charge in [0.1, 0.15) is 5.75 Å². The zero-order chi connectivity index (χ0) is 15.2. The van der Waals surface area contributed by atoms with E-state index in [0.717, 1.165) is 11.3 Å². The van der Waals surface area contributed by atoms with E-state index in [-0.39, 0.29) is 5.69 Å². The van der Waals surface area contributed by atoms with Crippen LogP contribution in [0.4, 0.5) is 11.4 Å². The monoisotopic (exact) mass is 350 g/mol. The van der Waals surface area contributed by atoms with Crippen LogP contribution in [0.2, 0.25) is 0 Å². The lowest BCUT2D eigenvalue weighted by atomic mass is 10.2. The van der Waals surface area contributed by atoms with Gasteiger partial charge >= 0.3 is 0 Å². The molecule has 0 bridgehead atoms. The Balaban J connectivity index is 2.02. The number of halogens is 1. The minimum atomic E-state index is -0.411. The maximum Gasteiger partial charge on any atom is 0.285 e. The van der Waals surface area contributed by atoms with Gasteiger partial charge in [0.25, 0.3) is 5.69 Å². The van der Waals surface area contributed by atoms with Crippen LogP contribution in [-0.4, -0.2) is 11.5 Å². The van der Waals surface area contributed by atoms with E-state index < -0.39 is 4.92 Å². The van der Waals surface area contributed by atoms with Crippen LogP contribution in [0.3, 0.4) is 0 Å². The maximum absolute atomic E-state index is 10.9. The van der Waals surface area contributed by atoms with Crippen molar-refractivity contribution in [2.45, 2.75) is 13.5 Å². The van der Waals surface area contributed by atoms with E-state index in [1.54, 1.807) is 12.1 Å². The van der Waals surface area contributed by atoms with Gasteiger partial charge in [-0.25, -0.2) is 0 Å². The van der Waals surface area contributed by atoms with E-state index in [0.29, 0.717) is 23.3 Å². The first-order chi connectivity index (χ1) is 10.1. The van der Waals surface area contributed by atoms with Crippen molar-refractivity contribution in [2.75, 3.05) is 11.9 Å². The van der Waals surface area contributed by atoms with Crippen molar-refractivity contribution in [3.05, 3.63) is 62.6 Å². The number of rotatable bonds is 6. The van der Waals surface area contributed by atoms with Gasteiger partial charge < -0.3 is 10.1 Å². The number of nitro groups is 1. The van der Waals surface area contributed by atoms with Crippen molar-refractivity contribution >= 4 is 27.3 Å². The second-order valence-electron chi connectivity index (χ2n) is 4.35. The molecule has 0 atom stereocenters. The predicted molar refractivity (Wildman–Crippen MR) is 85.7 cm³/mol. The molecule has 5 nitrogen and oxygen atoms in total. The van der Waals surface area contributed by atoms with Crippen LogP contribution in [0.15, 0.2) is 46.9 Å². The number of nitro benzene ring substituents is 1. The molecule has 1 N–H and O–H groups in total. The van der Waals surface area contributed by atoms with E-state index in [2.05, 4.69) is 21.2 Å². The molecule has 0 heterocycles. The van der Waals surface area contributed by atoms with Crippen molar-refractivity contribution in [2.24, 2.45) is 0 Å². The van der Waals surface area contributed by atoms with Gasteiger partial charge in [-0.1, -0.05) is 12.1 Å². The highest BCUT2D eigenvalue weighted by molar-refractivity contribution is 9.10. The Morgan fingerprint density at radius 2 is 1.95 bits per heavy atom. The van der Waals surface area contributed by atoms with Crippen LogP contribution in [0, 0.1) is 10.1 Å². The van der Waals surface area contributed by atoms with Gasteiger partial charge in [0.15, 0.2) is 0 Å². The van der Waals surface area contributed by atoms with Crippen LogP contribution < -0.4 is 10.1 Å². The molecule has 0 radical (unpaired) electrons. The Morgan fingerprint density at radius 1 is 1.24 bits per heavy atom. The number of ether oxygens (including phenoxy) is 1. The lowest BCUT2D eigenvalue weighted by Crippen LogP contribution is -2.00. The van der Waals surface area contributed by atoms with Crippen LogP contribution in [0.1, 0.15) is 12.5 Å². The third-order valence-corrected chi connectivity index (χ3v) is 3.54. The molecule has 0 amide bonds. The highest BCUT2D eigenvalue weighted by Crippen LogP contribution is 2.28. The third-order valence-electron chi connectivity index (χ3n) is 2.87. The molecule has 0 aliphatic carbocycles. The fraction of sp³-hybridized carbons (Fsp3) is 0.200. The second-order valence-corrected chi connectivity index (χ2v) is 5.21. The van der Waals surface area contributed by atoms with Gasteiger partial charge in [-0.05, 0) is 52.7 Å². The summed E-state index contributed by atoms with van der Waals surface area (Å²) in [6, 6.07) is 12.7. The van der Waals surface area contributed by atoms with E-state index in [1.807, 2.05) is 31.2 Å². The third kappa shape index (κ3) is 4.19. The van der Waals surface area contributed by atoms with Gasteiger partial charge in [-0.15, -0.1) is 0 Å². The van der Waals surface area contributed by atoms with E-state index in [9.17, 15) is 10.1 Å². The summed E-state index contributed by atoms with van der Waals surface area (Å²) in [6.07, 6.45) is 0. The summed E-state index contributed by atoms with van der Waals surface area (Å²) in [5.41, 5.74) is 1.83. The SMILES string of the molecule is CCOc1ccc(CNc2ccc(Br)c([N+](=O)[O-])c2)cc1. The normalized spacial score (nSPS) is 10.2. The standard InChI is InChI=1S/C15H15BrN2O3/c1-2-21-13-6-3-11(4-7-13)10-17-12-5-8-14(16)15(9-12)18(19)20/h3-9,17H,2,10H2,1H3. The molecule has 6 heteroatoms. The average molecular weight is 351 g/mol. The molecule has 0 aliphatic rings. The molecular formula is C15H15BrN2O3. The first-order valence-electron chi connectivity index (χ1n) is 6.49. The molecule has 0 aliphatic heterocycles. The molecule has 0 unspecified atom stereocenters. The summed E-state index contributed by atoms with van der Waals surface area (Å²) < 4.78 is 5.85. The van der Waals surface area contributed by atoms with Crippen LogP contribution >= 0.6 is 15.9 Å². The zero-order valence-electron chi connectivity index (χ0n) is 11.5. The van der Waals surface area contributed by atoms with Crippen LogP contribution in [-0.2, 0) is 6.54 Å². The largest absolute Gasteiger partial charge is 0.494 e. The minimum Gasteiger partial charge on any atom is -0.494 e. The quantitative estimate of drug-likeness (QED) is 0.620. The Hall–Kier alpha value is -2.08. The van der Waals surface area contributed by atoms with E-state index in [4.69, 9.17) is 4.74 Å². The Labute approximate surface area is 131 Å². The number of hydrogen-bond donors (Lipinski definition) is 1. The number of hydrogen-bond acceptors (Lipinski definition) is 4. The lowest BCUT2D eigenvalue weighted by molar-refractivity contribution is -0.385. The number of anilines is 1. The fourth-order valence-corrected chi connectivity index (χ4v) is 2.23. The van der Waals surface area contributed by atoms with Gasteiger partial charge in [0.2, 0.25) is 0 Å². The molecular weight excluding hydrogens is 336 g/mol. The summed E-state index contributed by atoms with van der Waals surface area (Å²) in [6.45, 7) is 3.17. The fourth-order valence-electron chi connectivity index (χ4n) is 1.84. The van der Waals surface area contributed by atoms with Crippen LogP contribution in [0.25, 0.3) is 0 Å². The summed E-state index contributed by atoms with van der Waals surface area (Å²) in [5.74, 6) is 0.834. The second kappa shape index (κ2) is 7.08. The highest BCUT2D eigenvalue weighted by atomic mass is 79.9. The summed E-state index contributed by atoms with van der Waals surface area (Å²) >= 11 is 3.17. The Kier molecular flexibility index (Phi) is 5.16. The first kappa shape index (κ1) is 15.3. The van der Waals surface area contributed by atoms with Crippen molar-refractivity contribution in [1.29, 1.82) is 0 Å². The summed E-state index contributed by atoms with van der Waals surface area (Å²) in [4.78, 5) is 10.5. The molecule has 0 fully saturated rings. The maximum atomic E-state index is 10.9.